The van der Waals surface area contributed by atoms with E-state index in [2.05, 4.69) is 54.1 Å². The highest BCUT2D eigenvalue weighted by Crippen LogP contribution is 2.55. The number of piperidine rings is 1. The van der Waals surface area contributed by atoms with Crippen molar-refractivity contribution >= 4 is 55.4 Å². The molecule has 1 atom stereocenters. The first-order chi connectivity index (χ1) is 32.1. The van der Waals surface area contributed by atoms with Crippen molar-refractivity contribution in [3.63, 3.8) is 0 Å². The Bertz CT molecular complexity index is 2750. The molecular weight excluding hydrogens is 855 g/mol. The number of hydrogen-bond acceptors (Lipinski definition) is 12. The monoisotopic (exact) mass is 913 g/mol. The highest BCUT2D eigenvalue weighted by atomic mass is 32.2. The fraction of sp³-hybridized carbons (Fsp3) is 0.500. The van der Waals surface area contributed by atoms with Crippen LogP contribution in [0, 0.1) is 21.4 Å². The van der Waals surface area contributed by atoms with Crippen molar-refractivity contribution in [3.8, 4) is 5.88 Å². The molecule has 1 amide bonds. The number of rotatable bonds is 12. The number of aromatic amines is 1. The van der Waals surface area contributed by atoms with Gasteiger partial charge in [-0.3, -0.25) is 19.8 Å². The Morgan fingerprint density at radius 3 is 2.48 bits per heavy atom. The number of anilines is 4. The molecule has 1 spiro atoms. The molecule has 15 nitrogen and oxygen atoms in total. The number of nitrogens with zero attached hydrogens (tertiary/aromatic N) is 6. The summed E-state index contributed by atoms with van der Waals surface area (Å²) in [5, 5.41) is 15.6. The molecule has 2 aromatic carbocycles. The van der Waals surface area contributed by atoms with Gasteiger partial charge in [0.25, 0.3) is 21.6 Å². The fourth-order valence-electron chi connectivity index (χ4n) is 11.8. The summed E-state index contributed by atoms with van der Waals surface area (Å²) in [6.45, 7) is 4.36. The van der Waals surface area contributed by atoms with E-state index in [4.69, 9.17) is 9.72 Å². The summed E-state index contributed by atoms with van der Waals surface area (Å²) in [5.74, 6) is 0.665. The molecule has 5 fully saturated rings. The largest absolute Gasteiger partial charge is 0.476 e. The van der Waals surface area contributed by atoms with Crippen LogP contribution < -0.4 is 24.6 Å². The Morgan fingerprint density at radius 2 is 1.70 bits per heavy atom. The molecule has 3 N–H and O–H groups in total. The summed E-state index contributed by atoms with van der Waals surface area (Å²) in [4.78, 5) is 45.3. The molecule has 6 heterocycles. The number of ether oxygens (including phenoxy) is 1. The summed E-state index contributed by atoms with van der Waals surface area (Å²) in [5.41, 5.74) is 6.13. The van der Waals surface area contributed by atoms with E-state index in [0.29, 0.717) is 72.4 Å². The number of nitro groups is 1. The van der Waals surface area contributed by atoms with Crippen LogP contribution in [0.1, 0.15) is 123 Å². The van der Waals surface area contributed by atoms with E-state index in [1.807, 2.05) is 35.4 Å². The van der Waals surface area contributed by atoms with E-state index in [1.165, 1.54) is 57.7 Å². The van der Waals surface area contributed by atoms with Crippen molar-refractivity contribution in [2.75, 3.05) is 54.4 Å². The van der Waals surface area contributed by atoms with Crippen molar-refractivity contribution < 1.29 is 22.9 Å². The third kappa shape index (κ3) is 8.35. The number of aromatic nitrogens is 3. The van der Waals surface area contributed by atoms with Crippen molar-refractivity contribution in [2.24, 2.45) is 11.3 Å². The Labute approximate surface area is 385 Å². The van der Waals surface area contributed by atoms with Crippen LogP contribution in [0.2, 0.25) is 0 Å². The Balaban J connectivity index is 0.839. The molecule has 3 aliphatic carbocycles. The third-order valence-corrected chi connectivity index (χ3v) is 16.8. The van der Waals surface area contributed by atoms with E-state index < -0.39 is 31.6 Å². The number of fused-ring (bicyclic) bond motifs is 2. The number of pyridine rings is 2. The molecule has 16 heteroatoms. The first-order valence-corrected chi connectivity index (χ1v) is 25.7. The lowest BCUT2D eigenvalue weighted by atomic mass is 9.59. The summed E-state index contributed by atoms with van der Waals surface area (Å²) in [7, 11) is -4.64. The lowest BCUT2D eigenvalue weighted by Crippen LogP contribution is -2.55. The number of hydrogen-bond donors (Lipinski definition) is 3. The average molecular weight is 914 g/mol. The van der Waals surface area contributed by atoms with Crippen LogP contribution in [0.25, 0.3) is 11.0 Å². The molecule has 3 aliphatic heterocycles. The standard InChI is InChI=1S/C50H59N9O6S/c60-48(55-66(63,64)46-28-44(59(61)62)41(32-53-46)52-31-33-8-2-1-3-9-33)40-16-15-36(27-43(40)58-22-7-25-65-49-45(58)26-35-17-20-51-47(35)54-49)56-23-18-50(19-24-56)29-37(30-50)57-21-6-12-42(57)39-11-5-4-10-38(39)34-13-14-34/h4-5,10-11,15-17,20,26-28,32-34,37,42,52H,1-3,6-9,12-14,18-19,21-25,29-31H2,(H,51,54)(H,55,60). The van der Waals surface area contributed by atoms with Crippen molar-refractivity contribution in [1.82, 2.24) is 24.6 Å². The molecule has 6 aliphatic rings. The van der Waals surface area contributed by atoms with Gasteiger partial charge < -0.3 is 24.8 Å². The van der Waals surface area contributed by atoms with Gasteiger partial charge in [-0.15, -0.1) is 0 Å². The molecule has 346 valence electrons. The second-order valence-corrected chi connectivity index (χ2v) is 21.4. The number of nitrogens with one attached hydrogen (secondary N) is 3. The van der Waals surface area contributed by atoms with Gasteiger partial charge in [0.05, 0.1) is 35.0 Å². The molecule has 2 saturated heterocycles. The number of H-pyrrole nitrogens is 1. The molecule has 3 aromatic heterocycles. The van der Waals surface area contributed by atoms with Crippen LogP contribution in [0.4, 0.5) is 28.4 Å². The molecule has 0 radical (unpaired) electrons. The number of carbonyl (C=O) groups is 1. The van der Waals surface area contributed by atoms with Crippen molar-refractivity contribution in [2.45, 2.75) is 113 Å². The average Bonchev–Trinajstić information content (AvgIpc) is 3.95. The summed E-state index contributed by atoms with van der Waals surface area (Å²) < 4.78 is 36.2. The smallest absolute Gasteiger partial charge is 0.296 e. The maximum atomic E-state index is 14.4. The minimum absolute atomic E-state index is 0.128. The first kappa shape index (κ1) is 42.9. The van der Waals surface area contributed by atoms with Gasteiger partial charge in [-0.25, -0.2) is 9.71 Å². The Hall–Kier alpha value is -5.74. The first-order valence-electron chi connectivity index (χ1n) is 24.2. The molecule has 66 heavy (non-hydrogen) atoms. The summed E-state index contributed by atoms with van der Waals surface area (Å²) >= 11 is 0. The lowest BCUT2D eigenvalue weighted by Gasteiger charge is -2.56. The number of likely N-dealkylation sites (tertiary alicyclic amines) is 1. The van der Waals surface area contributed by atoms with Gasteiger partial charge in [-0.05, 0) is 136 Å². The zero-order chi connectivity index (χ0) is 45.0. The van der Waals surface area contributed by atoms with Gasteiger partial charge in [0.1, 0.15) is 17.0 Å². The van der Waals surface area contributed by atoms with E-state index in [1.54, 1.807) is 17.2 Å². The van der Waals surface area contributed by atoms with Crippen LogP contribution in [0.5, 0.6) is 5.88 Å². The summed E-state index contributed by atoms with van der Waals surface area (Å²) in [6, 6.07) is 20.7. The maximum absolute atomic E-state index is 14.4. The number of sulfonamides is 1. The predicted molar refractivity (Wildman–Crippen MR) is 254 cm³/mol. The molecule has 3 saturated carbocycles. The van der Waals surface area contributed by atoms with Crippen molar-refractivity contribution in [1.29, 1.82) is 0 Å². The topological polar surface area (TPSA) is 179 Å². The van der Waals surface area contributed by atoms with E-state index in [0.717, 1.165) is 74.7 Å². The number of amides is 1. The van der Waals surface area contributed by atoms with Gasteiger partial charge in [-0.2, -0.15) is 13.4 Å². The van der Waals surface area contributed by atoms with E-state index in [-0.39, 0.29) is 11.3 Å². The minimum Gasteiger partial charge on any atom is -0.476 e. The second-order valence-electron chi connectivity index (χ2n) is 19.7. The van der Waals surface area contributed by atoms with Crippen LogP contribution in [-0.2, 0) is 10.0 Å². The second kappa shape index (κ2) is 17.5. The molecular formula is C50H59N9O6S. The quantitative estimate of drug-likeness (QED) is 0.0799. The van der Waals surface area contributed by atoms with Gasteiger partial charge in [0.15, 0.2) is 5.03 Å². The third-order valence-electron chi connectivity index (χ3n) is 15.6. The van der Waals surface area contributed by atoms with Crippen molar-refractivity contribution in [3.05, 3.63) is 99.9 Å². The van der Waals surface area contributed by atoms with E-state index >= 15 is 0 Å². The van der Waals surface area contributed by atoms with Crippen LogP contribution >= 0.6 is 0 Å². The van der Waals surface area contributed by atoms with Gasteiger partial charge in [0.2, 0.25) is 5.88 Å². The van der Waals surface area contributed by atoms with Crippen LogP contribution in [0.3, 0.4) is 0 Å². The lowest BCUT2D eigenvalue weighted by molar-refractivity contribution is -0.384. The summed E-state index contributed by atoms with van der Waals surface area (Å²) in [6.07, 6.45) is 18.9. The molecule has 5 aromatic rings. The fourth-order valence-corrected chi connectivity index (χ4v) is 12.8. The molecule has 11 rings (SSSR count). The normalized spacial score (nSPS) is 21.5. The predicted octanol–water partition coefficient (Wildman–Crippen LogP) is 9.36. The molecule has 1 unspecified atom stereocenters. The zero-order valence-corrected chi connectivity index (χ0v) is 38.2. The zero-order valence-electron chi connectivity index (χ0n) is 37.4. The Morgan fingerprint density at radius 1 is 0.894 bits per heavy atom. The van der Waals surface area contributed by atoms with Crippen LogP contribution in [0.15, 0.2) is 78.1 Å². The Kier molecular flexibility index (Phi) is 11.4. The van der Waals surface area contributed by atoms with E-state index in [9.17, 15) is 23.3 Å². The van der Waals surface area contributed by atoms with Crippen LogP contribution in [-0.4, -0.2) is 84.5 Å². The number of carbonyl (C=O) groups excluding carboxylic acids is 1. The highest BCUT2D eigenvalue weighted by molar-refractivity contribution is 7.90. The maximum Gasteiger partial charge on any atom is 0.296 e. The SMILES string of the molecule is O=C(NS(=O)(=O)c1cc([N+](=O)[O-])c(NCC2CCCCC2)cn1)c1ccc(N2CCC3(CC2)CC(N2CCCC2c2ccccc2C2CC2)C3)cc1N1CCCOc2nc3[nH]ccc3cc21. The van der Waals surface area contributed by atoms with Gasteiger partial charge in [-0.1, -0.05) is 43.5 Å². The minimum atomic E-state index is -4.64. The highest BCUT2D eigenvalue weighted by Gasteiger charge is 2.50. The van der Waals surface area contributed by atoms with Gasteiger partial charge >= 0.3 is 0 Å². The number of benzene rings is 2. The van der Waals surface area contributed by atoms with Gasteiger partial charge in [0, 0.05) is 55.5 Å². The molecule has 0 bridgehead atoms.